The number of hydrogen-bond donors (Lipinski definition) is 0. The van der Waals surface area contributed by atoms with Crippen LogP contribution in [0.25, 0.3) is 0 Å². The van der Waals surface area contributed by atoms with Gasteiger partial charge in [-0.1, -0.05) is 33.9 Å². The minimum atomic E-state index is 0.0757. The Morgan fingerprint density at radius 3 is 2.00 bits per heavy atom. The van der Waals surface area contributed by atoms with Gasteiger partial charge in [0.2, 0.25) is 0 Å². The van der Waals surface area contributed by atoms with Crippen LogP contribution in [0.5, 0.6) is 5.75 Å². The molecule has 0 N–H and O–H groups in total. The van der Waals surface area contributed by atoms with Crippen molar-refractivity contribution in [3.05, 3.63) is 24.3 Å². The summed E-state index contributed by atoms with van der Waals surface area (Å²) in [6.45, 7) is 4.53. The molecule has 0 atom stereocenters. The molecule has 0 unspecified atom stereocenters. The van der Waals surface area contributed by atoms with E-state index in [1.165, 1.54) is 17.6 Å². The molecule has 2 heteroatoms. The molecular formula is C11H17OP. The molecule has 1 aromatic carbocycles. The number of hydrogen-bond acceptors (Lipinski definition) is 1. The first-order valence-electron chi connectivity index (χ1n) is 4.70. The van der Waals surface area contributed by atoms with Crippen LogP contribution in [0.3, 0.4) is 0 Å². The SMILES string of the molecule is CCP(CC)c1ccc(OC)cc1. The lowest BCUT2D eigenvalue weighted by molar-refractivity contribution is 0.415. The van der Waals surface area contributed by atoms with Crippen LogP contribution < -0.4 is 10.0 Å². The van der Waals surface area contributed by atoms with Crippen LogP contribution in [0.2, 0.25) is 0 Å². The van der Waals surface area contributed by atoms with Crippen LogP contribution in [-0.4, -0.2) is 19.4 Å². The lowest BCUT2D eigenvalue weighted by atomic mass is 10.3. The van der Waals surface area contributed by atoms with Gasteiger partial charge in [0.1, 0.15) is 5.75 Å². The maximum atomic E-state index is 5.12. The first-order chi connectivity index (χ1) is 6.31. The van der Waals surface area contributed by atoms with E-state index in [0.29, 0.717) is 0 Å². The lowest BCUT2D eigenvalue weighted by Gasteiger charge is -2.13. The van der Waals surface area contributed by atoms with Crippen molar-refractivity contribution in [2.75, 3.05) is 19.4 Å². The minimum Gasteiger partial charge on any atom is -0.497 e. The van der Waals surface area contributed by atoms with Gasteiger partial charge >= 0.3 is 0 Å². The molecule has 1 rings (SSSR count). The average Bonchev–Trinajstić information content (AvgIpc) is 2.21. The van der Waals surface area contributed by atoms with E-state index >= 15 is 0 Å². The van der Waals surface area contributed by atoms with E-state index in [1.807, 2.05) is 0 Å². The number of rotatable bonds is 4. The van der Waals surface area contributed by atoms with Gasteiger partial charge in [-0.3, -0.25) is 0 Å². The second kappa shape index (κ2) is 5.24. The molecule has 0 bridgehead atoms. The quantitative estimate of drug-likeness (QED) is 0.673. The van der Waals surface area contributed by atoms with E-state index in [2.05, 4.69) is 38.1 Å². The van der Waals surface area contributed by atoms with Gasteiger partial charge < -0.3 is 4.74 Å². The first kappa shape index (κ1) is 10.5. The summed E-state index contributed by atoms with van der Waals surface area (Å²) in [7, 11) is 1.78. The average molecular weight is 196 g/mol. The molecule has 0 radical (unpaired) electrons. The number of methoxy groups -OCH3 is 1. The van der Waals surface area contributed by atoms with Crippen LogP contribution in [-0.2, 0) is 0 Å². The second-order valence-corrected chi connectivity index (χ2v) is 5.73. The predicted octanol–water partition coefficient (Wildman–Crippen LogP) is 2.84. The van der Waals surface area contributed by atoms with Crippen molar-refractivity contribution < 1.29 is 4.74 Å². The van der Waals surface area contributed by atoms with E-state index in [9.17, 15) is 0 Å². The highest BCUT2D eigenvalue weighted by Crippen LogP contribution is 2.33. The Kier molecular flexibility index (Phi) is 4.24. The number of ether oxygens (including phenoxy) is 1. The van der Waals surface area contributed by atoms with Gasteiger partial charge in [0.05, 0.1) is 7.11 Å². The lowest BCUT2D eigenvalue weighted by Crippen LogP contribution is -2.03. The molecule has 1 nitrogen and oxygen atoms in total. The summed E-state index contributed by atoms with van der Waals surface area (Å²) in [6, 6.07) is 8.49. The maximum absolute atomic E-state index is 5.12. The Bertz CT molecular complexity index is 239. The van der Waals surface area contributed by atoms with Gasteiger partial charge in [-0.2, -0.15) is 0 Å². The third-order valence-corrected chi connectivity index (χ3v) is 4.76. The summed E-state index contributed by atoms with van der Waals surface area (Å²) in [6.07, 6.45) is 2.55. The minimum absolute atomic E-state index is 0.0757. The second-order valence-electron chi connectivity index (χ2n) is 2.87. The summed E-state index contributed by atoms with van der Waals surface area (Å²) in [4.78, 5) is 0. The first-order valence-corrected chi connectivity index (χ1v) is 6.42. The standard InChI is InChI=1S/C11H17OP/c1-4-13(5-2)11-8-6-10(12-3)7-9-11/h6-9H,4-5H2,1-3H3. The molecule has 0 amide bonds. The Hall–Kier alpha value is -0.550. The normalized spacial score (nSPS) is 10.5. The fourth-order valence-corrected chi connectivity index (χ4v) is 3.13. The van der Waals surface area contributed by atoms with Crippen molar-refractivity contribution in [1.82, 2.24) is 0 Å². The molecule has 0 aliphatic heterocycles. The molecule has 0 fully saturated rings. The van der Waals surface area contributed by atoms with E-state index in [0.717, 1.165) is 5.75 Å². The molecule has 0 heterocycles. The summed E-state index contributed by atoms with van der Waals surface area (Å²) in [5.41, 5.74) is 0. The van der Waals surface area contributed by atoms with Crippen LogP contribution in [0.15, 0.2) is 24.3 Å². The Labute approximate surface area is 81.9 Å². The summed E-state index contributed by atoms with van der Waals surface area (Å²) >= 11 is 0. The molecule has 0 aliphatic rings. The van der Waals surface area contributed by atoms with Gasteiger partial charge in [-0.25, -0.2) is 0 Å². The number of benzene rings is 1. The molecule has 0 aromatic heterocycles. The summed E-state index contributed by atoms with van der Waals surface area (Å²) in [5.74, 6) is 0.950. The van der Waals surface area contributed by atoms with Gasteiger partial charge in [0.15, 0.2) is 0 Å². The van der Waals surface area contributed by atoms with E-state index in [4.69, 9.17) is 4.74 Å². The smallest absolute Gasteiger partial charge is 0.118 e. The molecule has 0 aliphatic carbocycles. The zero-order valence-corrected chi connectivity index (χ0v) is 9.47. The summed E-state index contributed by atoms with van der Waals surface area (Å²) < 4.78 is 5.12. The summed E-state index contributed by atoms with van der Waals surface area (Å²) in [5, 5.41) is 1.49. The van der Waals surface area contributed by atoms with Crippen LogP contribution in [0, 0.1) is 0 Å². The van der Waals surface area contributed by atoms with Crippen LogP contribution in [0.4, 0.5) is 0 Å². The largest absolute Gasteiger partial charge is 0.497 e. The van der Waals surface area contributed by atoms with E-state index in [1.54, 1.807) is 7.11 Å². The zero-order valence-electron chi connectivity index (χ0n) is 8.58. The van der Waals surface area contributed by atoms with Crippen molar-refractivity contribution in [1.29, 1.82) is 0 Å². The van der Waals surface area contributed by atoms with Crippen molar-refractivity contribution in [2.45, 2.75) is 13.8 Å². The highest BCUT2D eigenvalue weighted by molar-refractivity contribution is 7.65. The Morgan fingerprint density at radius 1 is 1.08 bits per heavy atom. The third kappa shape index (κ3) is 2.70. The van der Waals surface area contributed by atoms with Crippen LogP contribution in [0.1, 0.15) is 13.8 Å². The maximum Gasteiger partial charge on any atom is 0.118 e. The third-order valence-electron chi connectivity index (χ3n) is 2.20. The van der Waals surface area contributed by atoms with Gasteiger partial charge in [-0.15, -0.1) is 0 Å². The van der Waals surface area contributed by atoms with Gasteiger partial charge in [-0.05, 0) is 29.8 Å². The fraction of sp³-hybridized carbons (Fsp3) is 0.455. The van der Waals surface area contributed by atoms with Crippen molar-refractivity contribution in [2.24, 2.45) is 0 Å². The topological polar surface area (TPSA) is 9.23 Å². The molecule has 72 valence electrons. The van der Waals surface area contributed by atoms with Gasteiger partial charge in [0.25, 0.3) is 0 Å². The Morgan fingerprint density at radius 2 is 1.62 bits per heavy atom. The molecule has 13 heavy (non-hydrogen) atoms. The molecular weight excluding hydrogens is 179 g/mol. The predicted molar refractivity (Wildman–Crippen MR) is 60.6 cm³/mol. The van der Waals surface area contributed by atoms with Gasteiger partial charge in [0, 0.05) is 0 Å². The molecule has 0 spiro atoms. The molecule has 0 saturated carbocycles. The highest BCUT2D eigenvalue weighted by Gasteiger charge is 2.04. The highest BCUT2D eigenvalue weighted by atomic mass is 31.1. The fourth-order valence-electron chi connectivity index (χ4n) is 1.38. The molecule has 1 aromatic rings. The van der Waals surface area contributed by atoms with E-state index < -0.39 is 0 Å². The van der Waals surface area contributed by atoms with Crippen LogP contribution >= 0.6 is 7.92 Å². The monoisotopic (exact) mass is 196 g/mol. The van der Waals surface area contributed by atoms with E-state index in [-0.39, 0.29) is 7.92 Å². The van der Waals surface area contributed by atoms with Crippen molar-refractivity contribution >= 4 is 13.2 Å². The van der Waals surface area contributed by atoms with Crippen molar-refractivity contribution in [3.8, 4) is 5.75 Å². The molecule has 0 saturated heterocycles. The van der Waals surface area contributed by atoms with Crippen molar-refractivity contribution in [3.63, 3.8) is 0 Å². The Balaban J connectivity index is 2.78. The zero-order chi connectivity index (χ0) is 9.68.